The van der Waals surface area contributed by atoms with Crippen molar-refractivity contribution in [3.8, 4) is 0 Å². The topological polar surface area (TPSA) is 46.3 Å². The molecule has 2 N–H and O–H groups in total. The first-order valence-corrected chi connectivity index (χ1v) is 6.48. The molecule has 1 aromatic rings. The van der Waals surface area contributed by atoms with Crippen LogP contribution in [-0.4, -0.2) is 34.9 Å². The van der Waals surface area contributed by atoms with Crippen molar-refractivity contribution in [1.29, 1.82) is 0 Å². The molecule has 0 aromatic heterocycles. The summed E-state index contributed by atoms with van der Waals surface area (Å²) in [5.41, 5.74) is 7.02. The van der Waals surface area contributed by atoms with E-state index in [1.54, 1.807) is 24.3 Å². The summed E-state index contributed by atoms with van der Waals surface area (Å²) in [6.45, 7) is 3.85. The molecule has 1 unspecified atom stereocenters. The Bertz CT molecular complexity index is 383. The maximum atomic E-state index is 12.1. The molecule has 1 fully saturated rings. The van der Waals surface area contributed by atoms with E-state index in [1.807, 2.05) is 16.7 Å². The Hall–Kier alpha value is -0.870. The van der Waals surface area contributed by atoms with Crippen LogP contribution in [0.3, 0.4) is 0 Å². The van der Waals surface area contributed by atoms with E-state index in [9.17, 15) is 4.79 Å². The third kappa shape index (κ3) is 3.54. The number of halogens is 1. The Balaban J connectivity index is 0.00000144. The van der Waals surface area contributed by atoms with Crippen LogP contribution in [0, 0.1) is 0 Å². The Labute approximate surface area is 112 Å². The number of carbonyl (C=O) groups excluding carboxylic acids is 1. The van der Waals surface area contributed by atoms with Gasteiger partial charge < -0.3 is 10.6 Å². The van der Waals surface area contributed by atoms with Gasteiger partial charge in [0.25, 0.3) is 5.91 Å². The van der Waals surface area contributed by atoms with Crippen molar-refractivity contribution in [1.82, 2.24) is 4.90 Å². The highest BCUT2D eigenvalue weighted by molar-refractivity contribution is 7.99. The number of anilines is 1. The Kier molecular flexibility index (Phi) is 5.15. The molecule has 3 nitrogen and oxygen atoms in total. The highest BCUT2D eigenvalue weighted by Crippen LogP contribution is 2.19. The molecule has 0 radical (unpaired) electrons. The van der Waals surface area contributed by atoms with Gasteiger partial charge in [-0.15, -0.1) is 12.4 Å². The van der Waals surface area contributed by atoms with Gasteiger partial charge in [-0.05, 0) is 24.3 Å². The number of rotatable bonds is 1. The van der Waals surface area contributed by atoms with E-state index in [4.69, 9.17) is 5.73 Å². The van der Waals surface area contributed by atoms with E-state index >= 15 is 0 Å². The number of thioether (sulfide) groups is 1. The van der Waals surface area contributed by atoms with Gasteiger partial charge in [-0.3, -0.25) is 4.79 Å². The number of nitrogens with zero attached hydrogens (tertiary/aromatic N) is 1. The second-order valence-electron chi connectivity index (χ2n) is 4.05. The van der Waals surface area contributed by atoms with Gasteiger partial charge in [0.05, 0.1) is 0 Å². The summed E-state index contributed by atoms with van der Waals surface area (Å²) in [6.07, 6.45) is 0. The molecule has 1 saturated heterocycles. The van der Waals surface area contributed by atoms with E-state index in [0.29, 0.717) is 10.9 Å². The minimum atomic E-state index is 0. The van der Waals surface area contributed by atoms with Crippen molar-refractivity contribution in [2.75, 3.05) is 24.6 Å². The molecule has 1 atom stereocenters. The van der Waals surface area contributed by atoms with Gasteiger partial charge in [-0.25, -0.2) is 0 Å². The summed E-state index contributed by atoms with van der Waals surface area (Å²) in [5, 5.41) is 0.534. The van der Waals surface area contributed by atoms with Crippen LogP contribution in [0.5, 0.6) is 0 Å². The minimum Gasteiger partial charge on any atom is -0.399 e. The molecular weight excluding hydrogens is 256 g/mol. The van der Waals surface area contributed by atoms with Crippen LogP contribution in [0.25, 0.3) is 0 Å². The molecule has 0 spiro atoms. The number of nitrogens with two attached hydrogens (primary N) is 1. The molecule has 2 rings (SSSR count). The first-order valence-electron chi connectivity index (χ1n) is 5.43. The lowest BCUT2D eigenvalue weighted by Crippen LogP contribution is -2.40. The number of nitrogen functional groups attached to an aromatic ring is 1. The lowest BCUT2D eigenvalue weighted by molar-refractivity contribution is 0.0763. The lowest BCUT2D eigenvalue weighted by Gasteiger charge is -2.30. The molecule has 1 heterocycles. The van der Waals surface area contributed by atoms with Gasteiger partial charge in [-0.1, -0.05) is 6.92 Å². The van der Waals surface area contributed by atoms with Crippen molar-refractivity contribution >= 4 is 35.8 Å². The maximum Gasteiger partial charge on any atom is 0.253 e. The fourth-order valence-electron chi connectivity index (χ4n) is 1.81. The highest BCUT2D eigenvalue weighted by Gasteiger charge is 2.21. The number of benzene rings is 1. The zero-order valence-corrected chi connectivity index (χ0v) is 11.4. The predicted octanol–water partition coefficient (Wildman–Crippen LogP) is 2.27. The van der Waals surface area contributed by atoms with Crippen molar-refractivity contribution in [3.63, 3.8) is 0 Å². The Morgan fingerprint density at radius 1 is 1.41 bits per heavy atom. The van der Waals surface area contributed by atoms with Gasteiger partial charge in [0.2, 0.25) is 0 Å². The average Bonchev–Trinajstić information content (AvgIpc) is 2.29. The smallest absolute Gasteiger partial charge is 0.253 e. The summed E-state index contributed by atoms with van der Waals surface area (Å²) in [4.78, 5) is 14.1. The highest BCUT2D eigenvalue weighted by atomic mass is 35.5. The third-order valence-electron chi connectivity index (χ3n) is 2.69. The predicted molar refractivity (Wildman–Crippen MR) is 75.9 cm³/mol. The number of carbonyl (C=O) groups is 1. The first-order chi connectivity index (χ1) is 7.66. The molecule has 0 aliphatic carbocycles. The van der Waals surface area contributed by atoms with Crippen LogP contribution in [0.15, 0.2) is 24.3 Å². The second kappa shape index (κ2) is 6.17. The van der Waals surface area contributed by atoms with E-state index in [-0.39, 0.29) is 18.3 Å². The van der Waals surface area contributed by atoms with E-state index in [0.717, 1.165) is 24.4 Å². The Morgan fingerprint density at radius 2 is 2.06 bits per heavy atom. The zero-order valence-electron chi connectivity index (χ0n) is 9.76. The standard InChI is InChI=1S/C12H16N2OS.ClH/c1-9-8-14(6-7-16-9)12(15)10-2-4-11(13)5-3-10;/h2-5,9H,6-8,13H2,1H3;1H. The molecule has 0 bridgehead atoms. The summed E-state index contributed by atoms with van der Waals surface area (Å²) >= 11 is 1.92. The summed E-state index contributed by atoms with van der Waals surface area (Å²) < 4.78 is 0. The van der Waals surface area contributed by atoms with Crippen molar-refractivity contribution < 1.29 is 4.79 Å². The molecule has 0 saturated carbocycles. The van der Waals surface area contributed by atoms with Crippen LogP contribution in [0.1, 0.15) is 17.3 Å². The van der Waals surface area contributed by atoms with Crippen molar-refractivity contribution in [3.05, 3.63) is 29.8 Å². The fraction of sp³-hybridized carbons (Fsp3) is 0.417. The van der Waals surface area contributed by atoms with Crippen LogP contribution in [0.2, 0.25) is 0 Å². The van der Waals surface area contributed by atoms with E-state index in [2.05, 4.69) is 6.92 Å². The number of hydrogen-bond donors (Lipinski definition) is 1. The molecule has 94 valence electrons. The zero-order chi connectivity index (χ0) is 11.5. The van der Waals surface area contributed by atoms with Crippen molar-refractivity contribution in [2.24, 2.45) is 0 Å². The Morgan fingerprint density at radius 3 is 2.65 bits per heavy atom. The normalized spacial score (nSPS) is 19.6. The summed E-state index contributed by atoms with van der Waals surface area (Å²) in [6, 6.07) is 7.14. The fourth-order valence-corrected chi connectivity index (χ4v) is 2.82. The van der Waals surface area contributed by atoms with E-state index in [1.165, 1.54) is 0 Å². The van der Waals surface area contributed by atoms with Crippen LogP contribution in [0.4, 0.5) is 5.69 Å². The second-order valence-corrected chi connectivity index (χ2v) is 5.60. The molecule has 1 aliphatic heterocycles. The quantitative estimate of drug-likeness (QED) is 0.798. The number of amides is 1. The SMILES string of the molecule is CC1CN(C(=O)c2ccc(N)cc2)CCS1.Cl. The summed E-state index contributed by atoms with van der Waals surface area (Å²) in [5.74, 6) is 1.15. The van der Waals surface area contributed by atoms with Gasteiger partial charge in [0, 0.05) is 35.3 Å². The largest absolute Gasteiger partial charge is 0.399 e. The lowest BCUT2D eigenvalue weighted by atomic mass is 10.2. The molecule has 5 heteroatoms. The van der Waals surface area contributed by atoms with Crippen LogP contribution in [-0.2, 0) is 0 Å². The maximum absolute atomic E-state index is 12.1. The van der Waals surface area contributed by atoms with Gasteiger partial charge in [0.15, 0.2) is 0 Å². The first kappa shape index (κ1) is 14.2. The molecule has 1 amide bonds. The molecular formula is C12H17ClN2OS. The minimum absolute atomic E-state index is 0. The van der Waals surface area contributed by atoms with Gasteiger partial charge in [0.1, 0.15) is 0 Å². The van der Waals surface area contributed by atoms with Crippen molar-refractivity contribution in [2.45, 2.75) is 12.2 Å². The van der Waals surface area contributed by atoms with Gasteiger partial charge >= 0.3 is 0 Å². The van der Waals surface area contributed by atoms with Crippen LogP contribution < -0.4 is 5.73 Å². The molecule has 17 heavy (non-hydrogen) atoms. The number of hydrogen-bond acceptors (Lipinski definition) is 3. The van der Waals surface area contributed by atoms with E-state index < -0.39 is 0 Å². The summed E-state index contributed by atoms with van der Waals surface area (Å²) in [7, 11) is 0. The third-order valence-corrected chi connectivity index (χ3v) is 3.82. The average molecular weight is 273 g/mol. The van der Waals surface area contributed by atoms with Crippen LogP contribution >= 0.6 is 24.2 Å². The monoisotopic (exact) mass is 272 g/mol. The van der Waals surface area contributed by atoms with Gasteiger partial charge in [-0.2, -0.15) is 11.8 Å². The molecule has 1 aliphatic rings. The molecule has 1 aromatic carbocycles.